The molecule has 0 aliphatic carbocycles. The monoisotopic (exact) mass is 382 g/mol. The van der Waals surface area contributed by atoms with Gasteiger partial charge >= 0.3 is 0 Å². The first-order valence-corrected chi connectivity index (χ1v) is 10.3. The van der Waals surface area contributed by atoms with Gasteiger partial charge in [0.15, 0.2) is 5.16 Å². The summed E-state index contributed by atoms with van der Waals surface area (Å²) in [6.07, 6.45) is 2.50. The molecule has 0 bridgehead atoms. The van der Waals surface area contributed by atoms with Gasteiger partial charge in [-0.25, -0.2) is 4.39 Å². The standard InChI is InChI=1S/C21H23FN4S/c22-19-11-5-4-10-18(19)16-27-21-24-23-20(15-25-12-6-7-13-25)26(21)14-17-8-2-1-3-9-17/h1-5,8-11H,6-7,12-16H2. The van der Waals surface area contributed by atoms with Crippen LogP contribution in [0.15, 0.2) is 59.8 Å². The van der Waals surface area contributed by atoms with Crippen molar-refractivity contribution in [2.24, 2.45) is 0 Å². The van der Waals surface area contributed by atoms with E-state index < -0.39 is 0 Å². The lowest BCUT2D eigenvalue weighted by Crippen LogP contribution is -2.21. The van der Waals surface area contributed by atoms with E-state index in [2.05, 4.69) is 31.8 Å². The lowest BCUT2D eigenvalue weighted by Gasteiger charge is -2.16. The second kappa shape index (κ2) is 8.67. The van der Waals surface area contributed by atoms with Gasteiger partial charge in [-0.05, 0) is 43.1 Å². The van der Waals surface area contributed by atoms with Gasteiger partial charge in [0.2, 0.25) is 0 Å². The van der Waals surface area contributed by atoms with Crippen molar-refractivity contribution >= 4 is 11.8 Å². The van der Waals surface area contributed by atoms with Crippen LogP contribution in [0, 0.1) is 5.82 Å². The van der Waals surface area contributed by atoms with Gasteiger partial charge in [-0.2, -0.15) is 0 Å². The molecule has 0 saturated carbocycles. The number of rotatable bonds is 7. The zero-order valence-electron chi connectivity index (χ0n) is 15.2. The summed E-state index contributed by atoms with van der Waals surface area (Å²) in [5.74, 6) is 1.36. The maximum atomic E-state index is 14.0. The van der Waals surface area contributed by atoms with E-state index in [4.69, 9.17) is 0 Å². The van der Waals surface area contributed by atoms with Crippen molar-refractivity contribution in [3.8, 4) is 0 Å². The highest BCUT2D eigenvalue weighted by Gasteiger charge is 2.19. The number of thioether (sulfide) groups is 1. The van der Waals surface area contributed by atoms with Crippen molar-refractivity contribution in [1.82, 2.24) is 19.7 Å². The Labute approximate surface area is 163 Å². The van der Waals surface area contributed by atoms with Gasteiger partial charge in [0.05, 0.1) is 13.1 Å². The fourth-order valence-electron chi connectivity index (χ4n) is 3.37. The summed E-state index contributed by atoms with van der Waals surface area (Å²) in [7, 11) is 0. The highest BCUT2D eigenvalue weighted by Crippen LogP contribution is 2.25. The second-order valence-electron chi connectivity index (χ2n) is 6.83. The summed E-state index contributed by atoms with van der Waals surface area (Å²) in [4.78, 5) is 2.43. The maximum absolute atomic E-state index is 14.0. The van der Waals surface area contributed by atoms with Crippen LogP contribution in [0.2, 0.25) is 0 Å². The lowest BCUT2D eigenvalue weighted by molar-refractivity contribution is 0.316. The molecule has 1 saturated heterocycles. The van der Waals surface area contributed by atoms with Crippen LogP contribution in [-0.4, -0.2) is 32.8 Å². The van der Waals surface area contributed by atoms with E-state index in [1.54, 1.807) is 17.8 Å². The third-order valence-corrected chi connectivity index (χ3v) is 5.87. The van der Waals surface area contributed by atoms with E-state index in [0.717, 1.165) is 37.2 Å². The van der Waals surface area contributed by atoms with Crippen molar-refractivity contribution < 1.29 is 4.39 Å². The fraction of sp³-hybridized carbons (Fsp3) is 0.333. The zero-order valence-corrected chi connectivity index (χ0v) is 16.0. The Balaban J connectivity index is 1.55. The molecule has 6 heteroatoms. The van der Waals surface area contributed by atoms with Crippen LogP contribution >= 0.6 is 11.8 Å². The van der Waals surface area contributed by atoms with Crippen molar-refractivity contribution in [2.75, 3.05) is 13.1 Å². The third-order valence-electron chi connectivity index (χ3n) is 4.86. The Morgan fingerprint density at radius 3 is 2.41 bits per heavy atom. The smallest absolute Gasteiger partial charge is 0.191 e. The minimum Gasteiger partial charge on any atom is -0.300 e. The van der Waals surface area contributed by atoms with Crippen LogP contribution in [-0.2, 0) is 18.8 Å². The van der Waals surface area contributed by atoms with Gasteiger partial charge in [-0.3, -0.25) is 4.90 Å². The molecule has 0 spiro atoms. The van der Waals surface area contributed by atoms with E-state index in [-0.39, 0.29) is 5.82 Å². The molecule has 27 heavy (non-hydrogen) atoms. The average Bonchev–Trinajstić information content (AvgIpc) is 3.33. The van der Waals surface area contributed by atoms with Crippen molar-refractivity contribution in [2.45, 2.75) is 36.8 Å². The quantitative estimate of drug-likeness (QED) is 0.569. The Morgan fingerprint density at radius 1 is 0.889 bits per heavy atom. The first-order chi connectivity index (χ1) is 13.3. The number of aromatic nitrogens is 3. The molecule has 0 amide bonds. The number of benzene rings is 2. The predicted molar refractivity (Wildman–Crippen MR) is 106 cm³/mol. The van der Waals surface area contributed by atoms with Gasteiger partial charge in [-0.15, -0.1) is 10.2 Å². The van der Waals surface area contributed by atoms with Crippen LogP contribution in [0.5, 0.6) is 0 Å². The topological polar surface area (TPSA) is 34.0 Å². The van der Waals surface area contributed by atoms with Crippen LogP contribution in [0.1, 0.15) is 29.8 Å². The van der Waals surface area contributed by atoms with Gasteiger partial charge in [0.1, 0.15) is 11.6 Å². The number of hydrogen-bond acceptors (Lipinski definition) is 4. The molecule has 2 aromatic carbocycles. The molecule has 1 aromatic heterocycles. The summed E-state index contributed by atoms with van der Waals surface area (Å²) >= 11 is 1.54. The molecule has 0 N–H and O–H groups in total. The lowest BCUT2D eigenvalue weighted by atomic mass is 10.2. The van der Waals surface area contributed by atoms with Crippen LogP contribution in [0.25, 0.3) is 0 Å². The fourth-order valence-corrected chi connectivity index (χ4v) is 4.31. The molecular weight excluding hydrogens is 359 g/mol. The molecule has 0 atom stereocenters. The number of halogens is 1. The highest BCUT2D eigenvalue weighted by molar-refractivity contribution is 7.98. The summed E-state index contributed by atoms with van der Waals surface area (Å²) < 4.78 is 16.1. The normalized spacial score (nSPS) is 14.7. The van der Waals surface area contributed by atoms with Crippen molar-refractivity contribution in [3.63, 3.8) is 0 Å². The van der Waals surface area contributed by atoms with E-state index >= 15 is 0 Å². The summed E-state index contributed by atoms with van der Waals surface area (Å²) in [6.45, 7) is 3.79. The number of hydrogen-bond donors (Lipinski definition) is 0. The van der Waals surface area contributed by atoms with Crippen LogP contribution < -0.4 is 0 Å². The first kappa shape index (κ1) is 18.2. The molecule has 0 unspecified atom stereocenters. The van der Waals surface area contributed by atoms with Crippen LogP contribution in [0.3, 0.4) is 0 Å². The molecule has 4 rings (SSSR count). The van der Waals surface area contributed by atoms with E-state index in [1.807, 2.05) is 30.3 Å². The average molecular weight is 383 g/mol. The minimum absolute atomic E-state index is 0.170. The number of nitrogens with zero attached hydrogens (tertiary/aromatic N) is 4. The Bertz CT molecular complexity index is 875. The highest BCUT2D eigenvalue weighted by atomic mass is 32.2. The maximum Gasteiger partial charge on any atom is 0.191 e. The zero-order chi connectivity index (χ0) is 18.5. The van der Waals surface area contributed by atoms with Crippen LogP contribution in [0.4, 0.5) is 4.39 Å². The molecule has 3 aromatic rings. The van der Waals surface area contributed by atoms with E-state index in [1.165, 1.54) is 24.5 Å². The predicted octanol–water partition coefficient (Wildman–Crippen LogP) is 4.35. The third kappa shape index (κ3) is 4.57. The molecule has 1 aliphatic heterocycles. The van der Waals surface area contributed by atoms with Crippen molar-refractivity contribution in [1.29, 1.82) is 0 Å². The molecule has 1 aliphatic rings. The van der Waals surface area contributed by atoms with E-state index in [0.29, 0.717) is 11.3 Å². The molecule has 1 fully saturated rings. The van der Waals surface area contributed by atoms with Crippen molar-refractivity contribution in [3.05, 3.63) is 77.4 Å². The largest absolute Gasteiger partial charge is 0.300 e. The van der Waals surface area contributed by atoms with Gasteiger partial charge < -0.3 is 4.57 Å². The summed E-state index contributed by atoms with van der Waals surface area (Å²) in [5, 5.41) is 9.74. The molecule has 0 radical (unpaired) electrons. The van der Waals surface area contributed by atoms with E-state index in [9.17, 15) is 4.39 Å². The molecule has 4 nitrogen and oxygen atoms in total. The Morgan fingerprint density at radius 2 is 1.63 bits per heavy atom. The Kier molecular flexibility index (Phi) is 5.84. The summed E-state index contributed by atoms with van der Waals surface area (Å²) in [5.41, 5.74) is 1.91. The minimum atomic E-state index is -0.170. The van der Waals surface area contributed by atoms with Gasteiger partial charge in [0, 0.05) is 5.75 Å². The summed E-state index contributed by atoms with van der Waals surface area (Å²) in [6, 6.07) is 17.3. The Hall–Kier alpha value is -2.18. The number of likely N-dealkylation sites (tertiary alicyclic amines) is 1. The molecule has 140 valence electrons. The molecule has 2 heterocycles. The van der Waals surface area contributed by atoms with Gasteiger partial charge in [-0.1, -0.05) is 60.3 Å². The second-order valence-corrected chi connectivity index (χ2v) is 7.78. The first-order valence-electron chi connectivity index (χ1n) is 9.34. The molecular formula is C21H23FN4S. The van der Waals surface area contributed by atoms with Gasteiger partial charge in [0.25, 0.3) is 0 Å². The SMILES string of the molecule is Fc1ccccc1CSc1nnc(CN2CCCC2)n1Cc1ccccc1.